The van der Waals surface area contributed by atoms with Crippen LogP contribution >= 0.6 is 11.8 Å². The van der Waals surface area contributed by atoms with E-state index >= 15 is 0 Å². The maximum absolute atomic E-state index is 13.6. The number of benzene rings is 1. The van der Waals surface area contributed by atoms with Crippen molar-refractivity contribution in [3.8, 4) is 11.5 Å². The molecule has 168 valence electrons. The van der Waals surface area contributed by atoms with E-state index < -0.39 is 6.04 Å². The molecule has 3 unspecified atom stereocenters. The fourth-order valence-electron chi connectivity index (χ4n) is 3.40. The van der Waals surface area contributed by atoms with Gasteiger partial charge in [-0.1, -0.05) is 40.0 Å². The first-order chi connectivity index (χ1) is 14.3. The summed E-state index contributed by atoms with van der Waals surface area (Å²) in [5.74, 6) is 1.82. The summed E-state index contributed by atoms with van der Waals surface area (Å²) in [7, 11) is 3.12. The largest absolute Gasteiger partial charge is 0.497 e. The normalized spacial score (nSPS) is 19.6. The Morgan fingerprint density at radius 1 is 1.13 bits per heavy atom. The number of unbranched alkanes of at least 4 members (excludes halogenated alkanes) is 2. The SMILES string of the molecule is CCCCCC1SCC(C(=O)NC(C)C(C)C)N1C(=O)c1cc(OC)cc(OC)c1. The highest BCUT2D eigenvalue weighted by atomic mass is 32.2. The number of nitrogens with zero attached hydrogens (tertiary/aromatic N) is 1. The van der Waals surface area contributed by atoms with E-state index in [0.29, 0.717) is 28.7 Å². The molecule has 2 amide bonds. The van der Waals surface area contributed by atoms with E-state index in [9.17, 15) is 9.59 Å². The predicted octanol–water partition coefficient (Wildman–Crippen LogP) is 4.33. The Balaban J connectivity index is 2.31. The summed E-state index contributed by atoms with van der Waals surface area (Å²) in [6, 6.07) is 4.73. The van der Waals surface area contributed by atoms with Gasteiger partial charge in [-0.15, -0.1) is 11.8 Å². The fourth-order valence-corrected chi connectivity index (χ4v) is 4.85. The molecule has 1 aliphatic heterocycles. The van der Waals surface area contributed by atoms with Crippen LogP contribution in [0.3, 0.4) is 0 Å². The van der Waals surface area contributed by atoms with Gasteiger partial charge in [0.15, 0.2) is 0 Å². The summed E-state index contributed by atoms with van der Waals surface area (Å²) in [5.41, 5.74) is 0.476. The molecule has 1 N–H and O–H groups in total. The Kier molecular flexibility index (Phi) is 9.34. The van der Waals surface area contributed by atoms with Crippen LogP contribution in [0.15, 0.2) is 18.2 Å². The molecule has 1 fully saturated rings. The molecule has 6 nitrogen and oxygen atoms in total. The second-order valence-corrected chi connectivity index (χ2v) is 9.37. The Labute approximate surface area is 185 Å². The van der Waals surface area contributed by atoms with E-state index in [1.54, 1.807) is 49.1 Å². The highest BCUT2D eigenvalue weighted by Crippen LogP contribution is 2.35. The Hall–Kier alpha value is -1.89. The molecule has 1 aliphatic rings. The molecule has 2 rings (SSSR count). The van der Waals surface area contributed by atoms with Crippen molar-refractivity contribution in [2.75, 3.05) is 20.0 Å². The summed E-state index contributed by atoms with van der Waals surface area (Å²) in [5, 5.41) is 3.09. The van der Waals surface area contributed by atoms with Crippen LogP contribution in [0.1, 0.15) is 63.7 Å². The van der Waals surface area contributed by atoms with Gasteiger partial charge < -0.3 is 19.7 Å². The second kappa shape index (κ2) is 11.5. The topological polar surface area (TPSA) is 67.9 Å². The minimum Gasteiger partial charge on any atom is -0.497 e. The average Bonchev–Trinajstić information content (AvgIpc) is 3.16. The summed E-state index contributed by atoms with van der Waals surface area (Å²) in [6.45, 7) is 8.32. The lowest BCUT2D eigenvalue weighted by atomic mass is 10.1. The van der Waals surface area contributed by atoms with Crippen LogP contribution < -0.4 is 14.8 Å². The van der Waals surface area contributed by atoms with E-state index in [1.165, 1.54) is 0 Å². The molecule has 0 saturated carbocycles. The smallest absolute Gasteiger partial charge is 0.255 e. The number of methoxy groups -OCH3 is 2. The maximum atomic E-state index is 13.6. The Morgan fingerprint density at radius 3 is 2.30 bits per heavy atom. The van der Waals surface area contributed by atoms with Crippen molar-refractivity contribution in [3.63, 3.8) is 0 Å². The molecule has 30 heavy (non-hydrogen) atoms. The quantitative estimate of drug-likeness (QED) is 0.553. The number of carbonyl (C=O) groups excluding carboxylic acids is 2. The van der Waals surface area contributed by atoms with Crippen molar-refractivity contribution in [3.05, 3.63) is 23.8 Å². The van der Waals surface area contributed by atoms with Crippen LogP contribution in [0, 0.1) is 5.92 Å². The summed E-state index contributed by atoms with van der Waals surface area (Å²) < 4.78 is 10.7. The molecule has 1 saturated heterocycles. The van der Waals surface area contributed by atoms with Gasteiger partial charge in [0.25, 0.3) is 5.91 Å². The molecule has 0 aromatic heterocycles. The molecule has 1 aromatic carbocycles. The first-order valence-electron chi connectivity index (χ1n) is 10.8. The number of amides is 2. The van der Waals surface area contributed by atoms with E-state index in [1.807, 2.05) is 6.92 Å². The van der Waals surface area contributed by atoms with Crippen molar-refractivity contribution in [2.24, 2.45) is 5.92 Å². The number of ether oxygens (including phenoxy) is 2. The van der Waals surface area contributed by atoms with Crippen molar-refractivity contribution in [1.29, 1.82) is 0 Å². The van der Waals surface area contributed by atoms with Crippen LogP contribution in [0.5, 0.6) is 11.5 Å². The third kappa shape index (κ3) is 6.06. The Bertz CT molecular complexity index is 703. The van der Waals surface area contributed by atoms with Gasteiger partial charge in [-0.2, -0.15) is 0 Å². The maximum Gasteiger partial charge on any atom is 0.255 e. The summed E-state index contributed by atoms with van der Waals surface area (Å²) in [6.07, 6.45) is 4.16. The van der Waals surface area contributed by atoms with Crippen molar-refractivity contribution in [1.82, 2.24) is 10.2 Å². The van der Waals surface area contributed by atoms with Crippen LogP contribution in [0.4, 0.5) is 0 Å². The molecule has 1 aromatic rings. The molecular formula is C23H36N2O4S. The van der Waals surface area contributed by atoms with Gasteiger partial charge in [0.1, 0.15) is 17.5 Å². The molecule has 7 heteroatoms. The van der Waals surface area contributed by atoms with Crippen molar-refractivity contribution in [2.45, 2.75) is 70.8 Å². The molecule has 0 radical (unpaired) electrons. The van der Waals surface area contributed by atoms with Gasteiger partial charge >= 0.3 is 0 Å². The monoisotopic (exact) mass is 436 g/mol. The van der Waals surface area contributed by atoms with Gasteiger partial charge in [-0.3, -0.25) is 9.59 Å². The van der Waals surface area contributed by atoms with Crippen LogP contribution in [0.2, 0.25) is 0 Å². The van der Waals surface area contributed by atoms with Gasteiger partial charge in [-0.05, 0) is 31.4 Å². The Morgan fingerprint density at radius 2 is 1.77 bits per heavy atom. The lowest BCUT2D eigenvalue weighted by Gasteiger charge is -2.30. The summed E-state index contributed by atoms with van der Waals surface area (Å²) >= 11 is 1.70. The first-order valence-corrected chi connectivity index (χ1v) is 11.8. The molecule has 0 spiro atoms. The number of hydrogen-bond acceptors (Lipinski definition) is 5. The van der Waals surface area contributed by atoms with E-state index in [4.69, 9.17) is 9.47 Å². The van der Waals surface area contributed by atoms with Gasteiger partial charge in [-0.25, -0.2) is 0 Å². The third-order valence-corrected chi connectivity index (χ3v) is 7.01. The van der Waals surface area contributed by atoms with E-state index in [2.05, 4.69) is 26.1 Å². The fraction of sp³-hybridized carbons (Fsp3) is 0.652. The highest BCUT2D eigenvalue weighted by molar-refractivity contribution is 8.00. The highest BCUT2D eigenvalue weighted by Gasteiger charge is 2.42. The van der Waals surface area contributed by atoms with Crippen LogP contribution in [0.25, 0.3) is 0 Å². The van der Waals surface area contributed by atoms with Gasteiger partial charge in [0.05, 0.1) is 19.6 Å². The second-order valence-electron chi connectivity index (χ2n) is 8.15. The predicted molar refractivity (Wildman–Crippen MR) is 122 cm³/mol. The molecule has 0 aliphatic carbocycles. The zero-order chi connectivity index (χ0) is 22.3. The number of hydrogen-bond donors (Lipinski definition) is 1. The average molecular weight is 437 g/mol. The third-order valence-electron chi connectivity index (χ3n) is 5.65. The minimum absolute atomic E-state index is 0.00801. The first kappa shape index (κ1) is 24.4. The van der Waals surface area contributed by atoms with E-state index in [0.717, 1.165) is 25.7 Å². The van der Waals surface area contributed by atoms with Crippen LogP contribution in [-0.2, 0) is 4.79 Å². The number of carbonyl (C=O) groups is 2. The minimum atomic E-state index is -0.479. The molecule has 1 heterocycles. The lowest BCUT2D eigenvalue weighted by Crippen LogP contribution is -2.52. The number of rotatable bonds is 10. The standard InChI is InChI=1S/C23H36N2O4S/c1-7-8-9-10-21-25(20(14-30-21)22(26)24-16(4)15(2)3)23(27)17-11-18(28-5)13-19(12-17)29-6/h11-13,15-16,20-21H,7-10,14H2,1-6H3,(H,24,26). The van der Waals surface area contributed by atoms with Gasteiger partial charge in [0, 0.05) is 23.4 Å². The van der Waals surface area contributed by atoms with Crippen molar-refractivity contribution < 1.29 is 19.1 Å². The number of nitrogens with one attached hydrogen (secondary N) is 1. The number of thioether (sulfide) groups is 1. The molecular weight excluding hydrogens is 400 g/mol. The van der Waals surface area contributed by atoms with Crippen LogP contribution in [-0.4, -0.2) is 54.1 Å². The zero-order valence-corrected chi connectivity index (χ0v) is 19.9. The molecule has 3 atom stereocenters. The molecule has 0 bridgehead atoms. The zero-order valence-electron chi connectivity index (χ0n) is 19.1. The van der Waals surface area contributed by atoms with Crippen molar-refractivity contribution >= 4 is 23.6 Å². The lowest BCUT2D eigenvalue weighted by molar-refractivity contribution is -0.125. The van der Waals surface area contributed by atoms with E-state index in [-0.39, 0.29) is 23.2 Å². The summed E-state index contributed by atoms with van der Waals surface area (Å²) in [4.78, 5) is 28.4. The van der Waals surface area contributed by atoms with Gasteiger partial charge in [0.2, 0.25) is 5.91 Å².